The van der Waals surface area contributed by atoms with Gasteiger partial charge in [-0.25, -0.2) is 4.39 Å². The fourth-order valence-electron chi connectivity index (χ4n) is 1.84. The summed E-state index contributed by atoms with van der Waals surface area (Å²) in [5.41, 5.74) is 3.67. The summed E-state index contributed by atoms with van der Waals surface area (Å²) in [6.07, 6.45) is 2.86. The van der Waals surface area contributed by atoms with Gasteiger partial charge in [-0.2, -0.15) is 0 Å². The summed E-state index contributed by atoms with van der Waals surface area (Å²) in [4.78, 5) is 0. The second-order valence-corrected chi connectivity index (χ2v) is 3.26. The first-order valence-electron chi connectivity index (χ1n) is 5.03. The van der Waals surface area contributed by atoms with Crippen LogP contribution in [0, 0.1) is 5.82 Å². The minimum atomic E-state index is -0.0918. The lowest BCUT2D eigenvalue weighted by Crippen LogP contribution is -1.99. The molecule has 0 saturated heterocycles. The molecule has 0 N–H and O–H groups in total. The van der Waals surface area contributed by atoms with Crippen LogP contribution in [-0.4, -0.2) is 0 Å². The van der Waals surface area contributed by atoms with E-state index in [2.05, 4.69) is 20.8 Å². The number of hydrogen-bond acceptors (Lipinski definition) is 0. The molecule has 0 aliphatic carbocycles. The monoisotopic (exact) mass is 180 g/mol. The van der Waals surface area contributed by atoms with E-state index in [1.807, 2.05) is 0 Å². The van der Waals surface area contributed by atoms with E-state index in [1.165, 1.54) is 16.7 Å². The summed E-state index contributed by atoms with van der Waals surface area (Å²) in [7, 11) is 0. The smallest absolute Gasteiger partial charge is 0.123 e. The quantitative estimate of drug-likeness (QED) is 0.667. The van der Waals surface area contributed by atoms with Gasteiger partial charge in [0.25, 0.3) is 0 Å². The summed E-state index contributed by atoms with van der Waals surface area (Å²) >= 11 is 0. The molecule has 72 valence electrons. The maximum absolute atomic E-state index is 13.1. The van der Waals surface area contributed by atoms with Gasteiger partial charge in [-0.1, -0.05) is 20.8 Å². The predicted molar refractivity (Wildman–Crippen MR) is 54.5 cm³/mol. The van der Waals surface area contributed by atoms with Gasteiger partial charge in [-0.15, -0.1) is 0 Å². The highest BCUT2D eigenvalue weighted by Crippen LogP contribution is 2.19. The van der Waals surface area contributed by atoms with E-state index in [0.29, 0.717) is 0 Å². The zero-order valence-corrected chi connectivity index (χ0v) is 8.65. The zero-order chi connectivity index (χ0) is 9.84. The van der Waals surface area contributed by atoms with Crippen LogP contribution in [0.2, 0.25) is 0 Å². The fraction of sp³-hybridized carbons (Fsp3) is 0.500. The Kier molecular flexibility index (Phi) is 3.47. The molecule has 1 aromatic carbocycles. The molecule has 0 amide bonds. The van der Waals surface area contributed by atoms with Gasteiger partial charge in [0.2, 0.25) is 0 Å². The normalized spacial score (nSPS) is 10.5. The van der Waals surface area contributed by atoms with E-state index in [4.69, 9.17) is 0 Å². The second kappa shape index (κ2) is 4.40. The zero-order valence-electron chi connectivity index (χ0n) is 8.65. The highest BCUT2D eigenvalue weighted by atomic mass is 19.1. The molecule has 0 atom stereocenters. The van der Waals surface area contributed by atoms with E-state index in [1.54, 1.807) is 12.1 Å². The molecule has 1 heteroatoms. The number of benzene rings is 1. The maximum Gasteiger partial charge on any atom is 0.123 e. The fourth-order valence-corrected chi connectivity index (χ4v) is 1.84. The Hall–Kier alpha value is -0.850. The first-order chi connectivity index (χ1) is 6.22. The minimum Gasteiger partial charge on any atom is -0.207 e. The van der Waals surface area contributed by atoms with Crippen molar-refractivity contribution in [2.24, 2.45) is 0 Å². The van der Waals surface area contributed by atoms with Crippen molar-refractivity contribution in [3.05, 3.63) is 34.6 Å². The second-order valence-electron chi connectivity index (χ2n) is 3.26. The summed E-state index contributed by atoms with van der Waals surface area (Å²) in [6, 6.07) is 3.33. The third kappa shape index (κ3) is 2.09. The van der Waals surface area contributed by atoms with Crippen LogP contribution >= 0.6 is 0 Å². The van der Waals surface area contributed by atoms with Gasteiger partial charge < -0.3 is 0 Å². The van der Waals surface area contributed by atoms with Crippen molar-refractivity contribution in [1.82, 2.24) is 0 Å². The van der Waals surface area contributed by atoms with Crippen molar-refractivity contribution >= 4 is 0 Å². The van der Waals surface area contributed by atoms with E-state index < -0.39 is 0 Å². The van der Waals surface area contributed by atoms with Crippen LogP contribution in [0.3, 0.4) is 0 Å². The van der Waals surface area contributed by atoms with Gasteiger partial charge in [-0.05, 0) is 48.1 Å². The van der Waals surface area contributed by atoms with Gasteiger partial charge in [0.15, 0.2) is 0 Å². The Balaban J connectivity index is 3.25. The van der Waals surface area contributed by atoms with E-state index in [0.717, 1.165) is 19.3 Å². The molecule has 0 unspecified atom stereocenters. The number of aryl methyl sites for hydroxylation is 2. The van der Waals surface area contributed by atoms with Crippen molar-refractivity contribution in [1.29, 1.82) is 0 Å². The van der Waals surface area contributed by atoms with Gasteiger partial charge in [0, 0.05) is 0 Å². The van der Waals surface area contributed by atoms with Crippen molar-refractivity contribution < 1.29 is 4.39 Å². The minimum absolute atomic E-state index is 0.0918. The molecule has 0 spiro atoms. The van der Waals surface area contributed by atoms with Gasteiger partial charge in [0.1, 0.15) is 5.82 Å². The van der Waals surface area contributed by atoms with E-state index in [-0.39, 0.29) is 5.82 Å². The highest BCUT2D eigenvalue weighted by molar-refractivity contribution is 5.36. The van der Waals surface area contributed by atoms with E-state index in [9.17, 15) is 4.39 Å². The molecule has 1 rings (SSSR count). The molecule has 0 aromatic heterocycles. The standard InChI is InChI=1S/C12H17F/c1-4-9-7-11(13)8-10(5-2)12(9)6-3/h7-8H,4-6H2,1-3H3. The molecule has 0 radical (unpaired) electrons. The van der Waals surface area contributed by atoms with Crippen molar-refractivity contribution in [3.63, 3.8) is 0 Å². The van der Waals surface area contributed by atoms with Crippen molar-refractivity contribution in [2.75, 3.05) is 0 Å². The Bertz CT molecular complexity index is 264. The van der Waals surface area contributed by atoms with Crippen LogP contribution in [0.5, 0.6) is 0 Å². The van der Waals surface area contributed by atoms with Crippen LogP contribution in [0.4, 0.5) is 4.39 Å². The topological polar surface area (TPSA) is 0 Å². The molecule has 0 bridgehead atoms. The SMILES string of the molecule is CCc1cc(F)cc(CC)c1CC. The first-order valence-corrected chi connectivity index (χ1v) is 5.03. The summed E-state index contributed by atoms with van der Waals surface area (Å²) in [5, 5.41) is 0. The van der Waals surface area contributed by atoms with Gasteiger partial charge in [0.05, 0.1) is 0 Å². The summed E-state index contributed by atoms with van der Waals surface area (Å²) < 4.78 is 13.1. The number of rotatable bonds is 3. The lowest BCUT2D eigenvalue weighted by atomic mass is 9.95. The van der Waals surface area contributed by atoms with Crippen LogP contribution in [0.1, 0.15) is 37.5 Å². The highest BCUT2D eigenvalue weighted by Gasteiger charge is 2.06. The molecule has 0 nitrogen and oxygen atoms in total. The third-order valence-electron chi connectivity index (χ3n) is 2.51. The molecule has 13 heavy (non-hydrogen) atoms. The Morgan fingerprint density at radius 3 is 1.69 bits per heavy atom. The predicted octanol–water partition coefficient (Wildman–Crippen LogP) is 3.51. The Morgan fingerprint density at radius 1 is 0.923 bits per heavy atom. The molecule has 0 saturated carbocycles. The average molecular weight is 180 g/mol. The number of hydrogen-bond donors (Lipinski definition) is 0. The van der Waals surface area contributed by atoms with Crippen molar-refractivity contribution in [2.45, 2.75) is 40.0 Å². The van der Waals surface area contributed by atoms with Crippen LogP contribution in [0.25, 0.3) is 0 Å². The van der Waals surface area contributed by atoms with Crippen LogP contribution in [-0.2, 0) is 19.3 Å². The van der Waals surface area contributed by atoms with Gasteiger partial charge in [-0.3, -0.25) is 0 Å². The largest absolute Gasteiger partial charge is 0.207 e. The molecular formula is C12H17F. The Labute approximate surface area is 79.8 Å². The van der Waals surface area contributed by atoms with Gasteiger partial charge >= 0.3 is 0 Å². The third-order valence-corrected chi connectivity index (χ3v) is 2.51. The molecule has 0 aliphatic rings. The average Bonchev–Trinajstić information content (AvgIpc) is 2.16. The van der Waals surface area contributed by atoms with Crippen LogP contribution < -0.4 is 0 Å². The molecule has 0 aliphatic heterocycles. The molecule has 0 heterocycles. The summed E-state index contributed by atoms with van der Waals surface area (Å²) in [5.74, 6) is -0.0918. The molecule has 1 aromatic rings. The number of halogens is 1. The maximum atomic E-state index is 13.1. The lowest BCUT2D eigenvalue weighted by Gasteiger charge is -2.11. The lowest BCUT2D eigenvalue weighted by molar-refractivity contribution is 0.622. The molecule has 0 fully saturated rings. The van der Waals surface area contributed by atoms with E-state index >= 15 is 0 Å². The first kappa shape index (κ1) is 10.2. The molecular weight excluding hydrogens is 163 g/mol. The summed E-state index contributed by atoms with van der Waals surface area (Å²) in [6.45, 7) is 6.28. The Morgan fingerprint density at radius 2 is 1.38 bits per heavy atom. The van der Waals surface area contributed by atoms with Crippen molar-refractivity contribution in [3.8, 4) is 0 Å². The van der Waals surface area contributed by atoms with Crippen LogP contribution in [0.15, 0.2) is 12.1 Å².